The normalized spacial score (nSPS) is 10.2. The Morgan fingerprint density at radius 2 is 1.93 bits per heavy atom. The van der Waals surface area contributed by atoms with Crippen molar-refractivity contribution in [1.82, 2.24) is 15.3 Å². The summed E-state index contributed by atoms with van der Waals surface area (Å²) in [5.74, 6) is 0. The van der Waals surface area contributed by atoms with E-state index in [1.54, 1.807) is 6.33 Å². The zero-order valence-corrected chi connectivity index (χ0v) is 8.64. The summed E-state index contributed by atoms with van der Waals surface area (Å²) in [6, 6.07) is 8.37. The maximum Gasteiger partial charge on any atom is 0.115 e. The Morgan fingerprint density at radius 3 is 2.67 bits per heavy atom. The van der Waals surface area contributed by atoms with Gasteiger partial charge in [-0.2, -0.15) is 0 Å². The highest BCUT2D eigenvalue weighted by molar-refractivity contribution is 5.62. The van der Waals surface area contributed by atoms with Crippen LogP contribution >= 0.6 is 0 Å². The number of nitrogens with one attached hydrogen (secondary N) is 1. The number of hydrogen-bond donors (Lipinski definition) is 1. The minimum absolute atomic E-state index is 0.877. The van der Waals surface area contributed by atoms with E-state index in [0.717, 1.165) is 17.7 Å². The van der Waals surface area contributed by atoms with Gasteiger partial charge in [0.05, 0.1) is 0 Å². The zero-order chi connectivity index (χ0) is 10.5. The molecule has 1 N–H and O–H groups in total. The molecule has 3 nitrogen and oxygen atoms in total. The summed E-state index contributed by atoms with van der Waals surface area (Å²) in [5, 5.41) is 3.13. The van der Waals surface area contributed by atoms with Crippen LogP contribution in [0.5, 0.6) is 0 Å². The highest BCUT2D eigenvalue weighted by atomic mass is 14.8. The van der Waals surface area contributed by atoms with E-state index in [4.69, 9.17) is 0 Å². The molecule has 2 aromatic rings. The average Bonchev–Trinajstić information content (AvgIpc) is 2.31. The van der Waals surface area contributed by atoms with E-state index in [0.29, 0.717) is 0 Å². The van der Waals surface area contributed by atoms with E-state index in [1.165, 1.54) is 5.56 Å². The van der Waals surface area contributed by atoms with E-state index in [-0.39, 0.29) is 0 Å². The molecule has 0 fully saturated rings. The van der Waals surface area contributed by atoms with Crippen LogP contribution in [0.1, 0.15) is 5.56 Å². The van der Waals surface area contributed by atoms with E-state index in [2.05, 4.69) is 39.6 Å². The molecule has 0 amide bonds. The van der Waals surface area contributed by atoms with E-state index < -0.39 is 0 Å². The summed E-state index contributed by atoms with van der Waals surface area (Å²) in [7, 11) is 1.94. The third-order valence-corrected chi connectivity index (χ3v) is 2.20. The van der Waals surface area contributed by atoms with E-state index in [1.807, 2.05) is 19.4 Å². The molecule has 0 saturated heterocycles. The molecule has 1 aromatic carbocycles. The van der Waals surface area contributed by atoms with Gasteiger partial charge in [0.15, 0.2) is 0 Å². The van der Waals surface area contributed by atoms with Gasteiger partial charge in [-0.3, -0.25) is 0 Å². The van der Waals surface area contributed by atoms with Gasteiger partial charge in [-0.25, -0.2) is 9.97 Å². The molecular formula is C12H13N3. The quantitative estimate of drug-likeness (QED) is 0.820. The smallest absolute Gasteiger partial charge is 0.115 e. The van der Waals surface area contributed by atoms with Gasteiger partial charge in [0.25, 0.3) is 0 Å². The Morgan fingerprint density at radius 1 is 1.13 bits per heavy atom. The first-order chi connectivity index (χ1) is 7.40. The molecule has 0 aliphatic carbocycles. The third kappa shape index (κ3) is 2.39. The fourth-order valence-corrected chi connectivity index (χ4v) is 1.51. The molecule has 15 heavy (non-hydrogen) atoms. The van der Waals surface area contributed by atoms with Crippen molar-refractivity contribution in [2.75, 3.05) is 7.05 Å². The standard InChI is InChI=1S/C12H13N3/c1-13-6-10-3-2-4-11(5-10)12-7-14-9-15-8-12/h2-5,7-9,13H,6H2,1H3. The van der Waals surface area contributed by atoms with Gasteiger partial charge in [-0.05, 0) is 24.2 Å². The molecule has 0 aliphatic rings. The second-order valence-electron chi connectivity index (χ2n) is 3.36. The Bertz CT molecular complexity index is 426. The number of hydrogen-bond acceptors (Lipinski definition) is 3. The first kappa shape index (κ1) is 9.80. The molecule has 1 heterocycles. The molecule has 0 aliphatic heterocycles. The summed E-state index contributed by atoms with van der Waals surface area (Å²) < 4.78 is 0. The lowest BCUT2D eigenvalue weighted by Crippen LogP contribution is -2.04. The molecule has 1 aromatic heterocycles. The minimum Gasteiger partial charge on any atom is -0.316 e. The van der Waals surface area contributed by atoms with Crippen molar-refractivity contribution >= 4 is 0 Å². The summed E-state index contributed by atoms with van der Waals surface area (Å²) in [4.78, 5) is 8.02. The zero-order valence-electron chi connectivity index (χ0n) is 8.64. The minimum atomic E-state index is 0.877. The van der Waals surface area contributed by atoms with Gasteiger partial charge < -0.3 is 5.32 Å². The molecule has 0 saturated carbocycles. The predicted octanol–water partition coefficient (Wildman–Crippen LogP) is 1.86. The van der Waals surface area contributed by atoms with Crippen molar-refractivity contribution < 1.29 is 0 Å². The molecule has 0 bridgehead atoms. The van der Waals surface area contributed by atoms with Crippen LogP contribution in [0.3, 0.4) is 0 Å². The topological polar surface area (TPSA) is 37.8 Å². The SMILES string of the molecule is CNCc1cccc(-c2cncnc2)c1. The van der Waals surface area contributed by atoms with Crippen LogP contribution in [0.4, 0.5) is 0 Å². The van der Waals surface area contributed by atoms with Crippen LogP contribution in [0.2, 0.25) is 0 Å². The van der Waals surface area contributed by atoms with Gasteiger partial charge in [0.1, 0.15) is 6.33 Å². The molecule has 0 unspecified atom stereocenters. The van der Waals surface area contributed by atoms with Crippen LogP contribution in [-0.2, 0) is 6.54 Å². The van der Waals surface area contributed by atoms with Crippen LogP contribution in [-0.4, -0.2) is 17.0 Å². The summed E-state index contributed by atoms with van der Waals surface area (Å²) in [6.45, 7) is 0.877. The molecule has 0 spiro atoms. The highest BCUT2D eigenvalue weighted by Gasteiger charge is 1.98. The first-order valence-electron chi connectivity index (χ1n) is 4.89. The third-order valence-electron chi connectivity index (χ3n) is 2.20. The lowest BCUT2D eigenvalue weighted by atomic mass is 10.1. The van der Waals surface area contributed by atoms with Crippen LogP contribution < -0.4 is 5.32 Å². The van der Waals surface area contributed by atoms with E-state index in [9.17, 15) is 0 Å². The fraction of sp³-hybridized carbons (Fsp3) is 0.167. The van der Waals surface area contributed by atoms with Crippen molar-refractivity contribution in [1.29, 1.82) is 0 Å². The lowest BCUT2D eigenvalue weighted by Gasteiger charge is -2.04. The molecule has 2 rings (SSSR count). The van der Waals surface area contributed by atoms with E-state index >= 15 is 0 Å². The van der Waals surface area contributed by atoms with Crippen LogP contribution in [0.25, 0.3) is 11.1 Å². The number of nitrogens with zero attached hydrogens (tertiary/aromatic N) is 2. The molecule has 3 heteroatoms. The number of rotatable bonds is 3. The largest absolute Gasteiger partial charge is 0.316 e. The predicted molar refractivity (Wildman–Crippen MR) is 60.2 cm³/mol. The molecular weight excluding hydrogens is 186 g/mol. The maximum absolute atomic E-state index is 4.01. The van der Waals surface area contributed by atoms with Crippen LogP contribution in [0, 0.1) is 0 Å². The summed E-state index contributed by atoms with van der Waals surface area (Å²) >= 11 is 0. The van der Waals surface area contributed by atoms with Gasteiger partial charge in [-0.1, -0.05) is 18.2 Å². The van der Waals surface area contributed by atoms with Crippen molar-refractivity contribution in [2.24, 2.45) is 0 Å². The monoisotopic (exact) mass is 199 g/mol. The van der Waals surface area contributed by atoms with Crippen molar-refractivity contribution in [3.63, 3.8) is 0 Å². The Kier molecular flexibility index (Phi) is 3.05. The lowest BCUT2D eigenvalue weighted by molar-refractivity contribution is 0.818. The molecule has 0 atom stereocenters. The van der Waals surface area contributed by atoms with Crippen molar-refractivity contribution in [3.8, 4) is 11.1 Å². The Hall–Kier alpha value is -1.74. The number of aromatic nitrogens is 2. The van der Waals surface area contributed by atoms with Gasteiger partial charge in [0.2, 0.25) is 0 Å². The van der Waals surface area contributed by atoms with Gasteiger partial charge in [-0.15, -0.1) is 0 Å². The molecule has 0 radical (unpaired) electrons. The second-order valence-corrected chi connectivity index (χ2v) is 3.36. The highest BCUT2D eigenvalue weighted by Crippen LogP contribution is 2.18. The Balaban J connectivity index is 2.33. The Labute approximate surface area is 89.2 Å². The number of benzene rings is 1. The van der Waals surface area contributed by atoms with Crippen molar-refractivity contribution in [2.45, 2.75) is 6.54 Å². The van der Waals surface area contributed by atoms with Gasteiger partial charge >= 0.3 is 0 Å². The fourth-order valence-electron chi connectivity index (χ4n) is 1.51. The second kappa shape index (κ2) is 4.66. The first-order valence-corrected chi connectivity index (χ1v) is 4.89. The van der Waals surface area contributed by atoms with Crippen LogP contribution in [0.15, 0.2) is 43.0 Å². The maximum atomic E-state index is 4.01. The molecule has 76 valence electrons. The van der Waals surface area contributed by atoms with Crippen molar-refractivity contribution in [3.05, 3.63) is 48.5 Å². The summed E-state index contributed by atoms with van der Waals surface area (Å²) in [6.07, 6.45) is 5.19. The summed E-state index contributed by atoms with van der Waals surface area (Å²) in [5.41, 5.74) is 3.47. The van der Waals surface area contributed by atoms with Gasteiger partial charge in [0, 0.05) is 24.5 Å². The average molecular weight is 199 g/mol.